The van der Waals surface area contributed by atoms with Gasteiger partial charge < -0.3 is 19.4 Å². The van der Waals surface area contributed by atoms with Crippen LogP contribution in [0.25, 0.3) is 11.3 Å². The number of nitriles is 1. The molecule has 3 aromatic carbocycles. The first-order valence-corrected chi connectivity index (χ1v) is 14.3. The minimum absolute atomic E-state index is 0.0215. The van der Waals surface area contributed by atoms with Gasteiger partial charge >= 0.3 is 12.1 Å². The number of nitrogens with zero attached hydrogens (tertiary/aromatic N) is 2. The zero-order valence-electron chi connectivity index (χ0n) is 25.9. The second-order valence-electron chi connectivity index (χ2n) is 11.1. The van der Waals surface area contributed by atoms with Crippen molar-refractivity contribution in [2.75, 3.05) is 7.11 Å². The van der Waals surface area contributed by atoms with Gasteiger partial charge in [-0.05, 0) is 85.0 Å². The molecule has 238 valence electrons. The molecule has 4 rings (SSSR count). The third-order valence-corrected chi connectivity index (χ3v) is 7.43. The van der Waals surface area contributed by atoms with Gasteiger partial charge in [-0.1, -0.05) is 43.7 Å². The third-order valence-electron chi connectivity index (χ3n) is 7.43. The summed E-state index contributed by atoms with van der Waals surface area (Å²) >= 11 is 0. The lowest BCUT2D eigenvalue weighted by molar-refractivity contribution is -0.144. The van der Waals surface area contributed by atoms with E-state index in [1.807, 2.05) is 26.0 Å². The number of benzene rings is 3. The summed E-state index contributed by atoms with van der Waals surface area (Å²) < 4.78 is 53.8. The highest BCUT2D eigenvalue weighted by atomic mass is 19.4. The third kappa shape index (κ3) is 7.46. The maximum absolute atomic E-state index is 14.0. The first-order valence-electron chi connectivity index (χ1n) is 14.3. The number of aryl methyl sites for hydroxylation is 2. The number of rotatable bonds is 9. The molecule has 1 amide bonds. The van der Waals surface area contributed by atoms with E-state index in [0.717, 1.165) is 17.2 Å². The summed E-state index contributed by atoms with van der Waals surface area (Å²) in [7, 11) is 1.24. The normalized spacial score (nSPS) is 11.9. The zero-order chi connectivity index (χ0) is 33.8. The Labute approximate surface area is 264 Å². The van der Waals surface area contributed by atoms with Crippen LogP contribution >= 0.6 is 0 Å². The molecule has 8 nitrogen and oxygen atoms in total. The van der Waals surface area contributed by atoms with E-state index in [9.17, 15) is 32.8 Å². The number of alkyl halides is 3. The number of halogens is 3. The van der Waals surface area contributed by atoms with Gasteiger partial charge in [-0.25, -0.2) is 4.79 Å². The van der Waals surface area contributed by atoms with Crippen LogP contribution < -0.4 is 15.6 Å². The minimum Gasteiger partial charge on any atom is -0.467 e. The summed E-state index contributed by atoms with van der Waals surface area (Å²) in [6.07, 6.45) is -4.93. The van der Waals surface area contributed by atoms with Gasteiger partial charge in [0.05, 0.1) is 24.9 Å². The van der Waals surface area contributed by atoms with Crippen LogP contribution in [0.5, 0.6) is 11.5 Å². The number of amides is 1. The number of ether oxygens (including phenoxy) is 2. The number of esters is 1. The Hall–Kier alpha value is -5.37. The van der Waals surface area contributed by atoms with Crippen LogP contribution in [0.4, 0.5) is 13.2 Å². The molecule has 0 aliphatic heterocycles. The molecule has 1 atom stereocenters. The van der Waals surface area contributed by atoms with Gasteiger partial charge in [-0.15, -0.1) is 0 Å². The standard InChI is InChI=1S/C35H32F3N3O5/c1-20(2)31(34(44)45-5)40-32(42)24-7-6-8-27(16-24)46-26-13-11-23(12-14-26)30-17-29(35(36,37)38)28(18-39)33(43)41(30)19-25-10-9-21(3)15-22(25)4/h6-17,20,31H,19H2,1-5H3,(H,40,42)/t31-/m0/s1. The molecule has 0 aliphatic rings. The topological polar surface area (TPSA) is 110 Å². The van der Waals surface area contributed by atoms with Crippen molar-refractivity contribution in [2.45, 2.75) is 46.5 Å². The zero-order valence-corrected chi connectivity index (χ0v) is 25.9. The van der Waals surface area contributed by atoms with E-state index in [1.165, 1.54) is 48.1 Å². The van der Waals surface area contributed by atoms with Crippen LogP contribution in [0.3, 0.4) is 0 Å². The van der Waals surface area contributed by atoms with Crippen molar-refractivity contribution >= 4 is 11.9 Å². The fourth-order valence-corrected chi connectivity index (χ4v) is 4.95. The molecule has 0 spiro atoms. The average Bonchev–Trinajstić information content (AvgIpc) is 3.01. The number of hydrogen-bond donors (Lipinski definition) is 1. The van der Waals surface area contributed by atoms with E-state index < -0.39 is 40.8 Å². The summed E-state index contributed by atoms with van der Waals surface area (Å²) in [6.45, 7) is 7.25. The molecule has 46 heavy (non-hydrogen) atoms. The summed E-state index contributed by atoms with van der Waals surface area (Å²) in [5.41, 5.74) is -0.279. The molecule has 1 N–H and O–H groups in total. The van der Waals surface area contributed by atoms with E-state index in [2.05, 4.69) is 5.32 Å². The van der Waals surface area contributed by atoms with Crippen LogP contribution in [0.1, 0.15) is 52.0 Å². The fraction of sp³-hybridized carbons (Fsp3) is 0.257. The van der Waals surface area contributed by atoms with Crippen molar-refractivity contribution in [2.24, 2.45) is 5.92 Å². The van der Waals surface area contributed by atoms with Crippen LogP contribution in [0, 0.1) is 31.1 Å². The van der Waals surface area contributed by atoms with Crippen LogP contribution in [0.15, 0.2) is 77.6 Å². The lowest BCUT2D eigenvalue weighted by Crippen LogP contribution is -2.45. The Kier molecular flexibility index (Phi) is 10.0. The molecule has 0 aliphatic carbocycles. The molecule has 0 saturated carbocycles. The molecule has 0 bridgehead atoms. The quantitative estimate of drug-likeness (QED) is 0.204. The number of carbonyl (C=O) groups is 2. The first kappa shape index (κ1) is 33.5. The summed E-state index contributed by atoms with van der Waals surface area (Å²) in [4.78, 5) is 38.3. The second-order valence-corrected chi connectivity index (χ2v) is 11.1. The Morgan fingerprint density at radius 1 is 0.978 bits per heavy atom. The van der Waals surface area contributed by atoms with Crippen molar-refractivity contribution in [1.82, 2.24) is 9.88 Å². The number of nitrogens with one attached hydrogen (secondary N) is 1. The van der Waals surface area contributed by atoms with Crippen LogP contribution in [-0.4, -0.2) is 29.6 Å². The number of methoxy groups -OCH3 is 1. The summed E-state index contributed by atoms with van der Waals surface area (Å²) in [5, 5.41) is 12.2. The maximum atomic E-state index is 14.0. The number of aromatic nitrogens is 1. The van der Waals surface area contributed by atoms with E-state index >= 15 is 0 Å². The Morgan fingerprint density at radius 2 is 1.67 bits per heavy atom. The van der Waals surface area contributed by atoms with Gasteiger partial charge in [0.25, 0.3) is 11.5 Å². The molecule has 1 aromatic heterocycles. The summed E-state index contributed by atoms with van der Waals surface area (Å²) in [5.74, 6) is -0.684. The largest absolute Gasteiger partial charge is 0.467 e. The second kappa shape index (κ2) is 13.7. The maximum Gasteiger partial charge on any atom is 0.417 e. The van der Waals surface area contributed by atoms with Crippen molar-refractivity contribution < 1.29 is 32.2 Å². The smallest absolute Gasteiger partial charge is 0.417 e. The lowest BCUT2D eigenvalue weighted by atomic mass is 10.0. The van der Waals surface area contributed by atoms with E-state index in [0.29, 0.717) is 22.6 Å². The highest BCUT2D eigenvalue weighted by Gasteiger charge is 2.36. The van der Waals surface area contributed by atoms with Crippen molar-refractivity contribution in [3.63, 3.8) is 0 Å². The first-order chi connectivity index (χ1) is 21.7. The van der Waals surface area contributed by atoms with Gasteiger partial charge in [-0.3, -0.25) is 9.59 Å². The average molecular weight is 632 g/mol. The molecule has 0 saturated heterocycles. The van der Waals surface area contributed by atoms with Gasteiger partial charge in [0.2, 0.25) is 0 Å². The molecular weight excluding hydrogens is 599 g/mol. The number of carbonyl (C=O) groups excluding carboxylic acids is 2. The predicted octanol–water partition coefficient (Wildman–Crippen LogP) is 6.79. The Morgan fingerprint density at radius 3 is 2.26 bits per heavy atom. The number of pyridine rings is 1. The van der Waals surface area contributed by atoms with E-state index in [1.54, 1.807) is 38.1 Å². The number of hydrogen-bond acceptors (Lipinski definition) is 6. The highest BCUT2D eigenvalue weighted by Crippen LogP contribution is 2.34. The molecule has 1 heterocycles. The van der Waals surface area contributed by atoms with E-state index in [-0.39, 0.29) is 23.7 Å². The van der Waals surface area contributed by atoms with Gasteiger partial charge in [-0.2, -0.15) is 18.4 Å². The monoisotopic (exact) mass is 631 g/mol. The molecule has 0 radical (unpaired) electrons. The molecular formula is C35H32F3N3O5. The minimum atomic E-state index is -4.93. The highest BCUT2D eigenvalue weighted by molar-refractivity contribution is 5.97. The lowest BCUT2D eigenvalue weighted by Gasteiger charge is -2.20. The fourth-order valence-electron chi connectivity index (χ4n) is 4.95. The predicted molar refractivity (Wildman–Crippen MR) is 165 cm³/mol. The van der Waals surface area contributed by atoms with Gasteiger partial charge in [0, 0.05) is 5.56 Å². The summed E-state index contributed by atoms with van der Waals surface area (Å²) in [6, 6.07) is 19.3. The van der Waals surface area contributed by atoms with Crippen molar-refractivity contribution in [3.05, 3.63) is 117 Å². The van der Waals surface area contributed by atoms with E-state index in [4.69, 9.17) is 9.47 Å². The van der Waals surface area contributed by atoms with Gasteiger partial charge in [0.1, 0.15) is 29.2 Å². The molecule has 0 unspecified atom stereocenters. The molecule has 4 aromatic rings. The van der Waals surface area contributed by atoms with Crippen molar-refractivity contribution in [1.29, 1.82) is 5.26 Å². The van der Waals surface area contributed by atoms with Crippen LogP contribution in [-0.2, 0) is 22.3 Å². The Bertz CT molecular complexity index is 1870. The SMILES string of the molecule is COC(=O)[C@@H](NC(=O)c1cccc(Oc2ccc(-c3cc(C(F)(F)F)c(C#N)c(=O)n3Cc3ccc(C)cc3C)cc2)c1)C(C)C. The Balaban J connectivity index is 1.67. The van der Waals surface area contributed by atoms with Crippen LogP contribution in [0.2, 0.25) is 0 Å². The van der Waals surface area contributed by atoms with Gasteiger partial charge in [0.15, 0.2) is 0 Å². The molecule has 11 heteroatoms. The van der Waals surface area contributed by atoms with Crippen molar-refractivity contribution in [3.8, 4) is 28.8 Å². The molecule has 0 fully saturated rings.